The number of ether oxygens (including phenoxy) is 2. The Balaban J connectivity index is 2.48. The monoisotopic (exact) mass is 615 g/mol. The molecular weight excluding hydrogens is 550 g/mol. The lowest BCUT2D eigenvalue weighted by Crippen LogP contribution is -2.60. The van der Waals surface area contributed by atoms with E-state index in [0.29, 0.717) is 12.8 Å². The fraction of sp³-hybridized carbons (Fsp3) is 0.912. The number of carbonyl (C=O) groups is 1. The smallest absolute Gasteiger partial charge is 0.220 e. The highest BCUT2D eigenvalue weighted by molar-refractivity contribution is 5.76. The van der Waals surface area contributed by atoms with E-state index in [-0.39, 0.29) is 12.5 Å². The van der Waals surface area contributed by atoms with Crippen LogP contribution in [0.3, 0.4) is 0 Å². The number of amides is 1. The van der Waals surface area contributed by atoms with Crippen LogP contribution in [0.4, 0.5) is 0 Å². The first-order valence-corrected chi connectivity index (χ1v) is 17.4. The number of nitrogens with one attached hydrogen (secondary N) is 1. The number of aliphatic hydroxyl groups is 5. The zero-order valence-corrected chi connectivity index (χ0v) is 27.2. The predicted octanol–water partition coefficient (Wildman–Crippen LogP) is 5.05. The molecule has 1 aliphatic rings. The molecule has 6 N–H and O–H groups in total. The molecule has 254 valence electrons. The van der Waals surface area contributed by atoms with Crippen LogP contribution < -0.4 is 5.32 Å². The van der Waals surface area contributed by atoms with Crippen molar-refractivity contribution in [3.05, 3.63) is 12.2 Å². The SMILES string of the molecule is CCCC/C=C\CCCCCCCC(=O)NC(COC1OC(CO)C(O)C(O)C1O)C(O)CCCCCCCCCCC. The molecule has 0 radical (unpaired) electrons. The van der Waals surface area contributed by atoms with E-state index in [1.54, 1.807) is 0 Å². The number of unbranched alkanes of at least 4 members (excludes halogenated alkanes) is 15. The summed E-state index contributed by atoms with van der Waals surface area (Å²) in [5.41, 5.74) is 0. The third-order valence-corrected chi connectivity index (χ3v) is 8.37. The summed E-state index contributed by atoms with van der Waals surface area (Å²) in [6.07, 6.45) is 18.0. The summed E-state index contributed by atoms with van der Waals surface area (Å²) in [4.78, 5) is 12.8. The minimum absolute atomic E-state index is 0.140. The standard InChI is InChI=1S/C34H65NO8/c1-3-5-7-9-11-13-14-16-18-20-22-24-30(38)35-27(28(37)23-21-19-17-15-12-10-8-6-4-2)26-42-34-33(41)32(40)31(39)29(25-36)43-34/h9,11,27-29,31-34,36-37,39-41H,3-8,10,12-26H2,1-2H3,(H,35,38)/b11-9-. The molecule has 7 unspecified atom stereocenters. The Labute approximate surface area is 261 Å². The van der Waals surface area contributed by atoms with E-state index in [9.17, 15) is 30.3 Å². The van der Waals surface area contributed by atoms with Crippen LogP contribution >= 0.6 is 0 Å². The van der Waals surface area contributed by atoms with Gasteiger partial charge < -0.3 is 40.3 Å². The zero-order chi connectivity index (χ0) is 31.7. The van der Waals surface area contributed by atoms with E-state index < -0.39 is 49.5 Å². The van der Waals surface area contributed by atoms with Crippen molar-refractivity contribution in [2.45, 2.75) is 185 Å². The number of allylic oxidation sites excluding steroid dienone is 2. The third-order valence-electron chi connectivity index (χ3n) is 8.37. The fourth-order valence-electron chi connectivity index (χ4n) is 5.43. The Bertz CT molecular complexity index is 691. The van der Waals surface area contributed by atoms with Gasteiger partial charge in [-0.1, -0.05) is 116 Å². The molecule has 9 nitrogen and oxygen atoms in total. The molecular formula is C34H65NO8. The van der Waals surface area contributed by atoms with Crippen LogP contribution in [0.5, 0.6) is 0 Å². The average molecular weight is 616 g/mol. The summed E-state index contributed by atoms with van der Waals surface area (Å²) in [6.45, 7) is 3.72. The maximum atomic E-state index is 12.8. The molecule has 0 bridgehead atoms. The molecule has 1 aliphatic heterocycles. The molecule has 1 fully saturated rings. The first kappa shape index (κ1) is 40.0. The normalized spacial score (nSPS) is 23.9. The average Bonchev–Trinajstić information content (AvgIpc) is 3.00. The Hall–Kier alpha value is -1.07. The lowest BCUT2D eigenvalue weighted by Gasteiger charge is -2.40. The van der Waals surface area contributed by atoms with Crippen LogP contribution in [-0.2, 0) is 14.3 Å². The highest BCUT2D eigenvalue weighted by Crippen LogP contribution is 2.23. The number of hydrogen-bond acceptors (Lipinski definition) is 8. The van der Waals surface area contributed by atoms with E-state index in [4.69, 9.17) is 9.47 Å². The van der Waals surface area contributed by atoms with E-state index in [1.807, 2.05) is 0 Å². The summed E-state index contributed by atoms with van der Waals surface area (Å²) in [6, 6.07) is -0.714. The molecule has 43 heavy (non-hydrogen) atoms. The Morgan fingerprint density at radius 3 is 1.95 bits per heavy atom. The van der Waals surface area contributed by atoms with Crippen molar-refractivity contribution in [1.29, 1.82) is 0 Å². The second-order valence-electron chi connectivity index (χ2n) is 12.3. The van der Waals surface area contributed by atoms with Crippen LogP contribution in [0.25, 0.3) is 0 Å². The third kappa shape index (κ3) is 18.5. The second kappa shape index (κ2) is 26.2. The first-order chi connectivity index (χ1) is 20.8. The topological polar surface area (TPSA) is 149 Å². The van der Waals surface area contributed by atoms with E-state index in [0.717, 1.165) is 64.2 Å². The predicted molar refractivity (Wildman–Crippen MR) is 170 cm³/mol. The minimum atomic E-state index is -1.55. The van der Waals surface area contributed by atoms with Crippen LogP contribution in [0.1, 0.15) is 142 Å². The molecule has 0 aromatic carbocycles. The van der Waals surface area contributed by atoms with Gasteiger partial charge in [0.2, 0.25) is 5.91 Å². The lowest BCUT2D eigenvalue weighted by molar-refractivity contribution is -0.302. The molecule has 0 saturated carbocycles. The molecule has 9 heteroatoms. The molecule has 1 rings (SSSR count). The van der Waals surface area contributed by atoms with Gasteiger partial charge in [0.05, 0.1) is 25.4 Å². The summed E-state index contributed by atoms with van der Waals surface area (Å²) < 4.78 is 11.1. The van der Waals surface area contributed by atoms with E-state index >= 15 is 0 Å². The highest BCUT2D eigenvalue weighted by atomic mass is 16.7. The van der Waals surface area contributed by atoms with E-state index in [1.165, 1.54) is 51.4 Å². The number of carbonyl (C=O) groups excluding carboxylic acids is 1. The van der Waals surface area contributed by atoms with Gasteiger partial charge in [0.1, 0.15) is 24.4 Å². The summed E-state index contributed by atoms with van der Waals surface area (Å²) in [7, 11) is 0. The fourth-order valence-corrected chi connectivity index (χ4v) is 5.43. The largest absolute Gasteiger partial charge is 0.394 e. The molecule has 1 heterocycles. The van der Waals surface area contributed by atoms with Crippen molar-refractivity contribution in [1.82, 2.24) is 5.32 Å². The van der Waals surface area contributed by atoms with Crippen LogP contribution in [0, 0.1) is 0 Å². The van der Waals surface area contributed by atoms with Gasteiger partial charge in [0.25, 0.3) is 0 Å². The Morgan fingerprint density at radius 2 is 1.33 bits per heavy atom. The molecule has 1 saturated heterocycles. The van der Waals surface area contributed by atoms with Crippen molar-refractivity contribution >= 4 is 5.91 Å². The van der Waals surface area contributed by atoms with Crippen molar-refractivity contribution in [3.63, 3.8) is 0 Å². The number of aliphatic hydroxyl groups excluding tert-OH is 5. The second-order valence-corrected chi connectivity index (χ2v) is 12.3. The van der Waals surface area contributed by atoms with Crippen LogP contribution in [-0.4, -0.2) is 87.5 Å². The minimum Gasteiger partial charge on any atom is -0.394 e. The Kier molecular flexibility index (Phi) is 24.3. The van der Waals surface area contributed by atoms with Gasteiger partial charge in [-0.3, -0.25) is 4.79 Å². The van der Waals surface area contributed by atoms with Crippen LogP contribution in [0.2, 0.25) is 0 Å². The van der Waals surface area contributed by atoms with Gasteiger partial charge in [-0.15, -0.1) is 0 Å². The van der Waals surface area contributed by atoms with Crippen molar-refractivity contribution in [2.24, 2.45) is 0 Å². The number of hydrogen-bond donors (Lipinski definition) is 6. The maximum absolute atomic E-state index is 12.8. The number of rotatable bonds is 27. The zero-order valence-electron chi connectivity index (χ0n) is 27.2. The van der Waals surface area contributed by atoms with Gasteiger partial charge >= 0.3 is 0 Å². The van der Waals surface area contributed by atoms with Crippen molar-refractivity contribution < 1.29 is 39.8 Å². The summed E-state index contributed by atoms with van der Waals surface area (Å²) >= 11 is 0. The van der Waals surface area contributed by atoms with Crippen molar-refractivity contribution in [2.75, 3.05) is 13.2 Å². The first-order valence-electron chi connectivity index (χ1n) is 17.4. The summed E-state index contributed by atoms with van der Waals surface area (Å²) in [5, 5.41) is 53.8. The van der Waals surface area contributed by atoms with Gasteiger partial charge in [0, 0.05) is 6.42 Å². The molecule has 0 spiro atoms. The van der Waals surface area contributed by atoms with E-state index in [2.05, 4.69) is 31.3 Å². The highest BCUT2D eigenvalue weighted by Gasteiger charge is 2.44. The molecule has 1 amide bonds. The summed E-state index contributed by atoms with van der Waals surface area (Å²) in [5.74, 6) is -0.160. The quantitative estimate of drug-likeness (QED) is 0.0556. The molecule has 7 atom stereocenters. The molecule has 0 aromatic rings. The van der Waals surface area contributed by atoms with Gasteiger partial charge in [0.15, 0.2) is 6.29 Å². The van der Waals surface area contributed by atoms with Crippen LogP contribution in [0.15, 0.2) is 12.2 Å². The van der Waals surface area contributed by atoms with Gasteiger partial charge in [-0.05, 0) is 32.1 Å². The Morgan fingerprint density at radius 1 is 0.767 bits per heavy atom. The van der Waals surface area contributed by atoms with Gasteiger partial charge in [-0.2, -0.15) is 0 Å². The molecule has 0 aliphatic carbocycles. The van der Waals surface area contributed by atoms with Gasteiger partial charge in [-0.25, -0.2) is 0 Å². The molecule has 0 aromatic heterocycles. The lowest BCUT2D eigenvalue weighted by atomic mass is 9.99. The van der Waals surface area contributed by atoms with Crippen molar-refractivity contribution in [3.8, 4) is 0 Å². The maximum Gasteiger partial charge on any atom is 0.220 e.